The van der Waals surface area contributed by atoms with E-state index in [1.165, 1.54) is 0 Å². The predicted octanol–water partition coefficient (Wildman–Crippen LogP) is 5.03. The number of anilines is 2. The molecule has 0 bridgehead atoms. The summed E-state index contributed by atoms with van der Waals surface area (Å²) in [5.74, 6) is -1.39. The van der Waals surface area contributed by atoms with E-state index in [1.54, 1.807) is 60.6 Å². The Bertz CT molecular complexity index is 1340. The zero-order valence-corrected chi connectivity index (χ0v) is 28.5. The van der Waals surface area contributed by atoms with Gasteiger partial charge in [0.25, 0.3) is 0 Å². The Labute approximate surface area is 274 Å². The molecular weight excluding hydrogens is 629 g/mol. The molecule has 2 rings (SSSR count). The molecule has 0 spiro atoms. The highest BCUT2D eigenvalue weighted by molar-refractivity contribution is 6.31. The molecule has 12 nitrogen and oxygen atoms in total. The van der Waals surface area contributed by atoms with Crippen LogP contribution in [0, 0.1) is 34.3 Å². The van der Waals surface area contributed by atoms with Crippen LogP contribution in [0.15, 0.2) is 12.1 Å². The molecule has 1 amide bonds. The Hall–Kier alpha value is -3.53. The monoisotopic (exact) mass is 672 g/mol. The van der Waals surface area contributed by atoms with E-state index in [4.69, 9.17) is 55.7 Å². The fourth-order valence-corrected chi connectivity index (χ4v) is 2.96. The molecule has 45 heavy (non-hydrogen) atoms. The average Bonchev–Trinajstić information content (AvgIpc) is 2.91. The van der Waals surface area contributed by atoms with Crippen LogP contribution in [0.1, 0.15) is 73.4 Å². The van der Waals surface area contributed by atoms with Crippen LogP contribution in [0.25, 0.3) is 0 Å². The van der Waals surface area contributed by atoms with Crippen LogP contribution in [0.4, 0.5) is 25.2 Å². The third-order valence-corrected chi connectivity index (χ3v) is 6.52. The number of amides is 1. The summed E-state index contributed by atoms with van der Waals surface area (Å²) in [6.07, 6.45) is -0.565. The van der Waals surface area contributed by atoms with E-state index in [2.05, 4.69) is 25.9 Å². The summed E-state index contributed by atoms with van der Waals surface area (Å²) in [4.78, 5) is 19.3. The van der Waals surface area contributed by atoms with E-state index < -0.39 is 23.3 Å². The van der Waals surface area contributed by atoms with E-state index in [0.717, 1.165) is 12.1 Å². The molecule has 250 valence electrons. The van der Waals surface area contributed by atoms with Crippen molar-refractivity contribution in [2.45, 2.75) is 104 Å². The zero-order chi connectivity index (χ0) is 35.2. The lowest BCUT2D eigenvalue weighted by molar-refractivity contribution is 0.0504. The molecule has 2 heterocycles. The highest BCUT2D eigenvalue weighted by atomic mass is 35.5. The summed E-state index contributed by atoms with van der Waals surface area (Å²) in [5, 5.41) is 25.6. The van der Waals surface area contributed by atoms with Crippen molar-refractivity contribution in [3.05, 3.63) is 45.2 Å². The van der Waals surface area contributed by atoms with E-state index in [-0.39, 0.29) is 69.3 Å². The van der Waals surface area contributed by atoms with Crippen molar-refractivity contribution in [1.29, 1.82) is 10.5 Å². The number of hydrogen-bond donors (Lipinski definition) is 6. The van der Waals surface area contributed by atoms with Gasteiger partial charge in [0, 0.05) is 36.3 Å². The average molecular weight is 674 g/mol. The second kappa shape index (κ2) is 19.1. The molecule has 0 saturated heterocycles. The van der Waals surface area contributed by atoms with Crippen LogP contribution >= 0.6 is 23.2 Å². The number of aromatic nitrogens is 2. The van der Waals surface area contributed by atoms with Crippen molar-refractivity contribution in [2.75, 3.05) is 10.6 Å². The smallest absolute Gasteiger partial charge is 0.407 e. The lowest BCUT2D eigenvalue weighted by atomic mass is 10.1. The number of nitrogens with two attached hydrogens (primary N) is 3. The maximum absolute atomic E-state index is 13.9. The van der Waals surface area contributed by atoms with Gasteiger partial charge in [-0.15, -0.1) is 0 Å². The SMILES string of the molecule is C[C@H](N)[C@@H](C)N.C[C@H](N)[C@@H](C)Nc1nc(Cl)c(C#N)cc1F.C[C@H](NC(=O)OC(C)(C)C)[C@@H](C)Nc1nc(Cl)c(C#N)cc1F. The van der Waals surface area contributed by atoms with Crippen molar-refractivity contribution in [3.8, 4) is 12.1 Å². The van der Waals surface area contributed by atoms with Crippen molar-refractivity contribution in [3.63, 3.8) is 0 Å². The Morgan fingerprint density at radius 2 is 1.18 bits per heavy atom. The van der Waals surface area contributed by atoms with Gasteiger partial charge in [-0.05, 0) is 74.4 Å². The minimum Gasteiger partial charge on any atom is -0.444 e. The number of hydrogen-bond acceptors (Lipinski definition) is 11. The summed E-state index contributed by atoms with van der Waals surface area (Å²) in [6.45, 7) is 16.2. The number of alkyl carbamates (subject to hydrolysis) is 1. The number of pyridine rings is 2. The first-order chi connectivity index (χ1) is 20.6. The second-order valence-electron chi connectivity index (χ2n) is 11.4. The summed E-state index contributed by atoms with van der Waals surface area (Å²) in [6, 6.07) is 4.80. The number of ether oxygens (including phenoxy) is 1. The first kappa shape index (κ1) is 41.5. The summed E-state index contributed by atoms with van der Waals surface area (Å²) >= 11 is 11.5. The number of nitrogens with zero attached hydrogens (tertiary/aromatic N) is 4. The predicted molar refractivity (Wildman–Crippen MR) is 174 cm³/mol. The van der Waals surface area contributed by atoms with Crippen LogP contribution in [-0.2, 0) is 4.74 Å². The minimum atomic E-state index is -0.692. The standard InChI is InChI=1S/C15H20ClFN4O2.C10H12ClFN4.C4H12N2/c1-8(9(2)20-14(22)23-15(3,4)5)19-13-11(17)6-10(7-18)12(16)21-13;1-5(14)6(2)15-10-8(12)3-7(4-13)9(11)16-10;1-3(5)4(2)6/h6,8-9H,1-5H3,(H,19,21)(H,20,22);3,5-6H,14H2,1-2H3,(H,15,16);3-4H,5-6H2,1-2H3/t8-,9+;5-,6+;3-,4+/m10./s1. The van der Waals surface area contributed by atoms with Gasteiger partial charge in [0.15, 0.2) is 23.3 Å². The lowest BCUT2D eigenvalue weighted by Gasteiger charge is -2.26. The molecule has 6 atom stereocenters. The van der Waals surface area contributed by atoms with Crippen LogP contribution in [-0.4, -0.2) is 57.9 Å². The van der Waals surface area contributed by atoms with Crippen LogP contribution in [0.2, 0.25) is 10.3 Å². The molecule has 2 aromatic heterocycles. The molecule has 0 fully saturated rings. The van der Waals surface area contributed by atoms with Crippen LogP contribution in [0.3, 0.4) is 0 Å². The molecule has 0 unspecified atom stereocenters. The molecule has 9 N–H and O–H groups in total. The fraction of sp³-hybridized carbons (Fsp3) is 0.552. The van der Waals surface area contributed by atoms with Gasteiger partial charge in [-0.3, -0.25) is 0 Å². The van der Waals surface area contributed by atoms with Crippen molar-refractivity contribution in [2.24, 2.45) is 17.2 Å². The highest BCUT2D eigenvalue weighted by Crippen LogP contribution is 2.21. The minimum absolute atomic E-state index is 0.00815. The van der Waals surface area contributed by atoms with Gasteiger partial charge in [-0.2, -0.15) is 10.5 Å². The number of halogens is 4. The number of nitrogens with one attached hydrogen (secondary N) is 3. The molecule has 16 heteroatoms. The number of carbonyl (C=O) groups excluding carboxylic acids is 1. The Morgan fingerprint density at radius 3 is 1.49 bits per heavy atom. The Balaban J connectivity index is 0.000000759. The molecule has 2 aromatic rings. The lowest BCUT2D eigenvalue weighted by Crippen LogP contribution is -2.45. The highest BCUT2D eigenvalue weighted by Gasteiger charge is 2.22. The molecule has 0 aliphatic carbocycles. The fourth-order valence-electron chi connectivity index (χ4n) is 2.60. The number of rotatable bonds is 8. The molecular formula is C29H44Cl2F2N10O2. The van der Waals surface area contributed by atoms with Crippen LogP contribution in [0.5, 0.6) is 0 Å². The number of carbonyl (C=O) groups is 1. The van der Waals surface area contributed by atoms with Crippen molar-refractivity contribution >= 4 is 40.9 Å². The molecule has 0 saturated carbocycles. The second-order valence-corrected chi connectivity index (χ2v) is 12.1. The zero-order valence-electron chi connectivity index (χ0n) is 27.0. The Kier molecular flexibility index (Phi) is 17.6. The molecule has 0 aliphatic heterocycles. The maximum Gasteiger partial charge on any atom is 0.407 e. The van der Waals surface area contributed by atoms with E-state index in [1.807, 2.05) is 13.8 Å². The van der Waals surface area contributed by atoms with Crippen molar-refractivity contribution < 1.29 is 18.3 Å². The van der Waals surface area contributed by atoms with Gasteiger partial charge >= 0.3 is 6.09 Å². The summed E-state index contributed by atoms with van der Waals surface area (Å²) < 4.78 is 32.5. The van der Waals surface area contributed by atoms with Gasteiger partial charge < -0.3 is 37.9 Å². The van der Waals surface area contributed by atoms with Crippen LogP contribution < -0.4 is 33.2 Å². The Morgan fingerprint density at radius 1 is 0.800 bits per heavy atom. The third-order valence-electron chi connectivity index (χ3n) is 5.94. The van der Waals surface area contributed by atoms with Gasteiger partial charge in [-0.25, -0.2) is 23.5 Å². The van der Waals surface area contributed by atoms with Gasteiger partial charge in [0.1, 0.15) is 28.0 Å². The quantitative estimate of drug-likeness (QED) is 0.204. The first-order valence-electron chi connectivity index (χ1n) is 13.9. The molecule has 0 aliphatic rings. The van der Waals surface area contributed by atoms with Gasteiger partial charge in [0.05, 0.1) is 11.1 Å². The molecule has 0 aromatic carbocycles. The molecule has 0 radical (unpaired) electrons. The van der Waals surface area contributed by atoms with Gasteiger partial charge in [0.2, 0.25) is 0 Å². The maximum atomic E-state index is 13.9. The van der Waals surface area contributed by atoms with Gasteiger partial charge in [-0.1, -0.05) is 23.2 Å². The summed E-state index contributed by atoms with van der Waals surface area (Å²) in [7, 11) is 0. The topological polar surface area (TPSA) is 214 Å². The van der Waals surface area contributed by atoms with E-state index in [9.17, 15) is 13.6 Å². The van der Waals surface area contributed by atoms with E-state index >= 15 is 0 Å². The normalized spacial score (nSPS) is 14.6. The number of nitriles is 2. The first-order valence-corrected chi connectivity index (χ1v) is 14.7. The summed E-state index contributed by atoms with van der Waals surface area (Å²) in [5.41, 5.74) is 15.6. The third kappa shape index (κ3) is 15.9. The van der Waals surface area contributed by atoms with E-state index in [0.29, 0.717) is 0 Å². The van der Waals surface area contributed by atoms with Crippen molar-refractivity contribution in [1.82, 2.24) is 15.3 Å². The largest absolute Gasteiger partial charge is 0.444 e.